The summed E-state index contributed by atoms with van der Waals surface area (Å²) in [7, 11) is 0. The van der Waals surface area contributed by atoms with Gasteiger partial charge in [-0.05, 0) is 24.5 Å². The Labute approximate surface area is 60.0 Å². The van der Waals surface area contributed by atoms with Crippen molar-refractivity contribution >= 4 is 11.6 Å². The van der Waals surface area contributed by atoms with E-state index < -0.39 is 0 Å². The van der Waals surface area contributed by atoms with Gasteiger partial charge in [0.05, 0.1) is 0 Å². The summed E-state index contributed by atoms with van der Waals surface area (Å²) in [5.74, 6) is 0.755. The first-order chi connectivity index (χ1) is 4.43. The van der Waals surface area contributed by atoms with Gasteiger partial charge in [0.15, 0.2) is 0 Å². The lowest BCUT2D eigenvalue weighted by molar-refractivity contribution is 0.930. The van der Waals surface area contributed by atoms with E-state index in [1.807, 2.05) is 12.4 Å². The summed E-state index contributed by atoms with van der Waals surface area (Å²) in [6, 6.07) is 2.08. The Balaban J connectivity index is 2.30. The van der Waals surface area contributed by atoms with Gasteiger partial charge in [-0.3, -0.25) is 0 Å². The van der Waals surface area contributed by atoms with Crippen LogP contribution >= 0.6 is 11.6 Å². The molecular formula is C7H10ClN. The molecule has 1 N–H and O–H groups in total. The fourth-order valence-electron chi connectivity index (χ4n) is 0.785. The molecule has 0 aromatic carbocycles. The SMILES string of the molecule is ClCCCc1cc[nH]c1. The van der Waals surface area contributed by atoms with E-state index in [1.54, 1.807) is 0 Å². The van der Waals surface area contributed by atoms with E-state index in [1.165, 1.54) is 5.56 Å². The zero-order valence-corrected chi connectivity index (χ0v) is 5.99. The molecule has 0 radical (unpaired) electrons. The minimum atomic E-state index is 0.755. The number of aromatic amines is 1. The number of hydrogen-bond donors (Lipinski definition) is 1. The molecule has 1 heterocycles. The number of H-pyrrole nitrogens is 1. The second-order valence-electron chi connectivity index (χ2n) is 2.01. The summed E-state index contributed by atoms with van der Waals surface area (Å²) >= 11 is 5.51. The maximum atomic E-state index is 5.51. The molecule has 0 aliphatic carbocycles. The van der Waals surface area contributed by atoms with Gasteiger partial charge in [-0.25, -0.2) is 0 Å². The summed E-state index contributed by atoms with van der Waals surface area (Å²) in [6.07, 6.45) is 6.10. The largest absolute Gasteiger partial charge is 0.367 e. The van der Waals surface area contributed by atoms with Crippen molar-refractivity contribution in [2.75, 3.05) is 5.88 Å². The van der Waals surface area contributed by atoms with Crippen molar-refractivity contribution in [1.29, 1.82) is 0 Å². The number of rotatable bonds is 3. The molecule has 0 bridgehead atoms. The third-order valence-corrected chi connectivity index (χ3v) is 1.53. The van der Waals surface area contributed by atoms with E-state index >= 15 is 0 Å². The first-order valence-corrected chi connectivity index (χ1v) is 3.64. The average Bonchev–Trinajstić information content (AvgIpc) is 2.34. The van der Waals surface area contributed by atoms with Crippen molar-refractivity contribution in [3.63, 3.8) is 0 Å². The van der Waals surface area contributed by atoms with Gasteiger partial charge in [0.25, 0.3) is 0 Å². The molecule has 0 saturated carbocycles. The molecule has 1 rings (SSSR count). The summed E-state index contributed by atoms with van der Waals surface area (Å²) < 4.78 is 0. The average molecular weight is 144 g/mol. The van der Waals surface area contributed by atoms with Gasteiger partial charge >= 0.3 is 0 Å². The highest BCUT2D eigenvalue weighted by Crippen LogP contribution is 2.00. The van der Waals surface area contributed by atoms with Gasteiger partial charge < -0.3 is 4.98 Å². The van der Waals surface area contributed by atoms with E-state index in [2.05, 4.69) is 11.1 Å². The minimum absolute atomic E-state index is 0.755. The maximum Gasteiger partial charge on any atom is 0.0226 e. The molecule has 1 nitrogen and oxygen atoms in total. The fraction of sp³-hybridized carbons (Fsp3) is 0.429. The summed E-state index contributed by atoms with van der Waals surface area (Å²) in [4.78, 5) is 3.00. The number of aryl methyl sites for hydroxylation is 1. The molecule has 50 valence electrons. The second-order valence-corrected chi connectivity index (χ2v) is 2.39. The molecule has 0 fully saturated rings. The van der Waals surface area contributed by atoms with Crippen molar-refractivity contribution in [3.8, 4) is 0 Å². The Morgan fingerprint density at radius 1 is 1.56 bits per heavy atom. The molecule has 0 saturated heterocycles. The van der Waals surface area contributed by atoms with Crippen molar-refractivity contribution in [2.45, 2.75) is 12.8 Å². The van der Waals surface area contributed by atoms with Crippen LogP contribution in [0, 0.1) is 0 Å². The maximum absolute atomic E-state index is 5.51. The van der Waals surface area contributed by atoms with Crippen LogP contribution in [-0.2, 0) is 6.42 Å². The predicted octanol–water partition coefficient (Wildman–Crippen LogP) is 2.19. The van der Waals surface area contributed by atoms with E-state index in [-0.39, 0.29) is 0 Å². The molecule has 0 spiro atoms. The van der Waals surface area contributed by atoms with Crippen LogP contribution in [0.25, 0.3) is 0 Å². The quantitative estimate of drug-likeness (QED) is 0.625. The highest BCUT2D eigenvalue weighted by atomic mass is 35.5. The fourth-order valence-corrected chi connectivity index (χ4v) is 0.918. The van der Waals surface area contributed by atoms with Crippen molar-refractivity contribution in [3.05, 3.63) is 24.0 Å². The van der Waals surface area contributed by atoms with Crippen molar-refractivity contribution < 1.29 is 0 Å². The van der Waals surface area contributed by atoms with Gasteiger partial charge in [-0.2, -0.15) is 0 Å². The van der Waals surface area contributed by atoms with E-state index in [9.17, 15) is 0 Å². The number of aromatic nitrogens is 1. The zero-order valence-electron chi connectivity index (χ0n) is 5.23. The van der Waals surface area contributed by atoms with Crippen LogP contribution in [0.2, 0.25) is 0 Å². The monoisotopic (exact) mass is 143 g/mol. The van der Waals surface area contributed by atoms with Crippen LogP contribution in [0.4, 0.5) is 0 Å². The molecular weight excluding hydrogens is 134 g/mol. The van der Waals surface area contributed by atoms with Crippen LogP contribution in [0.3, 0.4) is 0 Å². The van der Waals surface area contributed by atoms with Crippen LogP contribution in [-0.4, -0.2) is 10.9 Å². The highest BCUT2D eigenvalue weighted by Gasteiger charge is 1.89. The first kappa shape index (κ1) is 6.69. The van der Waals surface area contributed by atoms with Crippen molar-refractivity contribution in [1.82, 2.24) is 4.98 Å². The summed E-state index contributed by atoms with van der Waals surface area (Å²) in [5, 5.41) is 0. The van der Waals surface area contributed by atoms with Gasteiger partial charge in [-0.1, -0.05) is 0 Å². The molecule has 0 amide bonds. The van der Waals surface area contributed by atoms with E-state index in [0.717, 1.165) is 18.7 Å². The van der Waals surface area contributed by atoms with E-state index in [0.29, 0.717) is 0 Å². The molecule has 0 aliphatic heterocycles. The van der Waals surface area contributed by atoms with Gasteiger partial charge in [0, 0.05) is 18.3 Å². The topological polar surface area (TPSA) is 15.8 Å². The smallest absolute Gasteiger partial charge is 0.0226 e. The zero-order chi connectivity index (χ0) is 6.53. The Morgan fingerprint density at radius 3 is 3.00 bits per heavy atom. The molecule has 9 heavy (non-hydrogen) atoms. The highest BCUT2D eigenvalue weighted by molar-refractivity contribution is 6.17. The third-order valence-electron chi connectivity index (χ3n) is 1.26. The van der Waals surface area contributed by atoms with Crippen LogP contribution in [0.1, 0.15) is 12.0 Å². The van der Waals surface area contributed by atoms with Crippen LogP contribution in [0.5, 0.6) is 0 Å². The van der Waals surface area contributed by atoms with Gasteiger partial charge in [-0.15, -0.1) is 11.6 Å². The number of hydrogen-bond acceptors (Lipinski definition) is 0. The number of alkyl halides is 1. The minimum Gasteiger partial charge on any atom is -0.367 e. The van der Waals surface area contributed by atoms with Crippen LogP contribution < -0.4 is 0 Å². The Morgan fingerprint density at radius 2 is 2.44 bits per heavy atom. The normalized spacial score (nSPS) is 9.89. The Kier molecular flexibility index (Phi) is 2.65. The van der Waals surface area contributed by atoms with Crippen LogP contribution in [0.15, 0.2) is 18.5 Å². The molecule has 1 aromatic heterocycles. The summed E-state index contributed by atoms with van der Waals surface area (Å²) in [6.45, 7) is 0. The lowest BCUT2D eigenvalue weighted by Gasteiger charge is -1.89. The first-order valence-electron chi connectivity index (χ1n) is 3.11. The lowest BCUT2D eigenvalue weighted by Crippen LogP contribution is -1.81. The predicted molar refractivity (Wildman–Crippen MR) is 39.8 cm³/mol. The van der Waals surface area contributed by atoms with Gasteiger partial charge in [0.1, 0.15) is 0 Å². The molecule has 2 heteroatoms. The summed E-state index contributed by atoms with van der Waals surface area (Å²) in [5.41, 5.74) is 1.34. The molecule has 0 atom stereocenters. The number of nitrogens with one attached hydrogen (secondary N) is 1. The number of halogens is 1. The van der Waals surface area contributed by atoms with Crippen molar-refractivity contribution in [2.24, 2.45) is 0 Å². The Hall–Kier alpha value is -0.430. The van der Waals surface area contributed by atoms with E-state index in [4.69, 9.17) is 11.6 Å². The Bertz CT molecular complexity index is 146. The standard InChI is InChI=1S/C7H10ClN/c8-4-1-2-7-3-5-9-6-7/h3,5-6,9H,1-2,4H2. The second kappa shape index (κ2) is 3.57. The molecule has 0 aliphatic rings. The third kappa shape index (κ3) is 2.10. The van der Waals surface area contributed by atoms with Gasteiger partial charge in [0.2, 0.25) is 0 Å². The lowest BCUT2D eigenvalue weighted by atomic mass is 10.2. The molecule has 0 unspecified atom stereocenters. The molecule has 1 aromatic rings.